The highest BCUT2D eigenvalue weighted by atomic mass is 16.3. The Morgan fingerprint density at radius 1 is 1.38 bits per heavy atom. The third-order valence-electron chi connectivity index (χ3n) is 3.19. The number of H-pyrrole nitrogens is 1. The number of benzene rings is 1. The molecule has 0 amide bonds. The highest BCUT2D eigenvalue weighted by Gasteiger charge is 2.26. The Morgan fingerprint density at radius 2 is 2.12 bits per heavy atom. The Bertz CT molecular complexity index is 487. The number of rotatable bonds is 3. The molecule has 2 rings (SSSR count). The molecular weight excluding hydrogens is 200 g/mol. The van der Waals surface area contributed by atoms with Crippen molar-refractivity contribution in [2.24, 2.45) is 11.1 Å². The maximum atomic E-state index is 9.31. The second-order valence-electron chi connectivity index (χ2n) is 4.95. The van der Waals surface area contributed by atoms with E-state index < -0.39 is 0 Å². The molecule has 1 atom stereocenters. The summed E-state index contributed by atoms with van der Waals surface area (Å²) in [6.45, 7) is 4.02. The average Bonchev–Trinajstić information content (AvgIpc) is 2.74. The standard InChI is InChI=1S/C13H18N2O/c1-13(2,8-16)12(14)10-4-3-9-5-6-15-11(9)7-10/h3-7,12,15-16H,8,14H2,1-2H3/t12-/m0/s1. The van der Waals surface area contributed by atoms with Gasteiger partial charge in [0, 0.05) is 29.8 Å². The fraction of sp³-hybridized carbons (Fsp3) is 0.385. The van der Waals surface area contributed by atoms with Crippen molar-refractivity contribution in [1.82, 2.24) is 4.98 Å². The van der Waals surface area contributed by atoms with Crippen molar-refractivity contribution >= 4 is 10.9 Å². The molecule has 0 aliphatic heterocycles. The van der Waals surface area contributed by atoms with Gasteiger partial charge in [0.2, 0.25) is 0 Å². The summed E-state index contributed by atoms with van der Waals surface area (Å²) in [7, 11) is 0. The lowest BCUT2D eigenvalue weighted by atomic mass is 9.82. The normalized spacial score (nSPS) is 14.2. The Morgan fingerprint density at radius 3 is 2.81 bits per heavy atom. The number of nitrogens with one attached hydrogen (secondary N) is 1. The first-order chi connectivity index (χ1) is 7.54. The molecule has 0 unspecified atom stereocenters. The first-order valence-corrected chi connectivity index (χ1v) is 5.48. The van der Waals surface area contributed by atoms with Gasteiger partial charge in [-0.05, 0) is 23.1 Å². The van der Waals surface area contributed by atoms with Crippen LogP contribution >= 0.6 is 0 Å². The van der Waals surface area contributed by atoms with Crippen molar-refractivity contribution in [3.8, 4) is 0 Å². The van der Waals surface area contributed by atoms with Crippen LogP contribution in [0.15, 0.2) is 30.5 Å². The van der Waals surface area contributed by atoms with Crippen molar-refractivity contribution in [3.63, 3.8) is 0 Å². The minimum absolute atomic E-state index is 0.0803. The smallest absolute Gasteiger partial charge is 0.0500 e. The van der Waals surface area contributed by atoms with E-state index in [0.29, 0.717) is 0 Å². The van der Waals surface area contributed by atoms with E-state index in [1.165, 1.54) is 5.39 Å². The number of fused-ring (bicyclic) bond motifs is 1. The fourth-order valence-corrected chi connectivity index (χ4v) is 1.81. The average molecular weight is 218 g/mol. The third kappa shape index (κ3) is 1.84. The van der Waals surface area contributed by atoms with Gasteiger partial charge in [0.25, 0.3) is 0 Å². The Kier molecular flexibility index (Phi) is 2.74. The van der Waals surface area contributed by atoms with E-state index in [1.54, 1.807) is 0 Å². The number of nitrogens with two attached hydrogens (primary N) is 1. The van der Waals surface area contributed by atoms with Crippen molar-refractivity contribution in [2.45, 2.75) is 19.9 Å². The molecule has 16 heavy (non-hydrogen) atoms. The van der Waals surface area contributed by atoms with Crippen LogP contribution in [0.2, 0.25) is 0 Å². The maximum absolute atomic E-state index is 9.31. The van der Waals surface area contributed by atoms with Crippen LogP contribution in [-0.2, 0) is 0 Å². The summed E-state index contributed by atoms with van der Waals surface area (Å²) in [5.74, 6) is 0. The lowest BCUT2D eigenvalue weighted by Crippen LogP contribution is -2.32. The summed E-state index contributed by atoms with van der Waals surface area (Å²) in [5, 5.41) is 10.5. The van der Waals surface area contributed by atoms with Crippen molar-refractivity contribution in [1.29, 1.82) is 0 Å². The summed E-state index contributed by atoms with van der Waals surface area (Å²) in [6.07, 6.45) is 1.91. The van der Waals surface area contributed by atoms with Crippen LogP contribution in [0, 0.1) is 5.41 Å². The molecule has 0 aliphatic carbocycles. The molecule has 1 aromatic heterocycles. The van der Waals surface area contributed by atoms with Crippen LogP contribution < -0.4 is 5.73 Å². The first kappa shape index (κ1) is 11.2. The summed E-state index contributed by atoms with van der Waals surface area (Å²) in [4.78, 5) is 3.17. The lowest BCUT2D eigenvalue weighted by Gasteiger charge is -2.29. The number of aromatic amines is 1. The molecule has 0 aliphatic rings. The molecule has 86 valence electrons. The van der Waals surface area contributed by atoms with Crippen LogP contribution in [0.3, 0.4) is 0 Å². The molecule has 0 saturated heterocycles. The second-order valence-corrected chi connectivity index (χ2v) is 4.95. The van der Waals surface area contributed by atoms with Gasteiger partial charge in [-0.1, -0.05) is 26.0 Å². The molecule has 0 spiro atoms. The predicted molar refractivity (Wildman–Crippen MR) is 66.1 cm³/mol. The highest BCUT2D eigenvalue weighted by molar-refractivity contribution is 5.80. The van der Waals surface area contributed by atoms with Gasteiger partial charge in [-0.15, -0.1) is 0 Å². The molecule has 1 aromatic carbocycles. The summed E-state index contributed by atoms with van der Waals surface area (Å²) < 4.78 is 0. The minimum Gasteiger partial charge on any atom is -0.396 e. The summed E-state index contributed by atoms with van der Waals surface area (Å²) in [5.41, 5.74) is 8.00. The van der Waals surface area contributed by atoms with E-state index in [-0.39, 0.29) is 18.1 Å². The lowest BCUT2D eigenvalue weighted by molar-refractivity contribution is 0.132. The SMILES string of the molecule is CC(C)(CO)[C@@H](N)c1ccc2cc[nH]c2c1. The zero-order chi connectivity index (χ0) is 11.8. The van der Waals surface area contributed by atoms with E-state index in [4.69, 9.17) is 5.73 Å². The molecule has 0 bridgehead atoms. The van der Waals surface area contributed by atoms with Gasteiger partial charge < -0.3 is 15.8 Å². The van der Waals surface area contributed by atoms with E-state index >= 15 is 0 Å². The molecule has 0 saturated carbocycles. The molecule has 4 N–H and O–H groups in total. The van der Waals surface area contributed by atoms with Gasteiger partial charge in [0.1, 0.15) is 0 Å². The molecular formula is C13H18N2O. The fourth-order valence-electron chi connectivity index (χ4n) is 1.81. The molecule has 1 heterocycles. The number of aliphatic hydroxyl groups is 1. The third-order valence-corrected chi connectivity index (χ3v) is 3.19. The minimum atomic E-state index is -0.305. The number of aliphatic hydroxyl groups excluding tert-OH is 1. The Labute approximate surface area is 95.3 Å². The van der Waals surface area contributed by atoms with E-state index in [2.05, 4.69) is 17.1 Å². The van der Waals surface area contributed by atoms with Crippen LogP contribution in [-0.4, -0.2) is 16.7 Å². The predicted octanol–water partition coefficient (Wildman–Crippen LogP) is 2.19. The zero-order valence-electron chi connectivity index (χ0n) is 9.70. The van der Waals surface area contributed by atoms with Gasteiger partial charge in [0.15, 0.2) is 0 Å². The van der Waals surface area contributed by atoms with Crippen molar-refractivity contribution in [2.75, 3.05) is 6.61 Å². The quantitative estimate of drug-likeness (QED) is 0.739. The topological polar surface area (TPSA) is 62.0 Å². The van der Waals surface area contributed by atoms with Gasteiger partial charge in [-0.25, -0.2) is 0 Å². The molecule has 2 aromatic rings. The number of aromatic nitrogens is 1. The van der Waals surface area contributed by atoms with Gasteiger partial charge in [-0.3, -0.25) is 0 Å². The van der Waals surface area contributed by atoms with E-state index in [9.17, 15) is 5.11 Å². The van der Waals surface area contributed by atoms with Crippen LogP contribution in [0.25, 0.3) is 10.9 Å². The number of hydrogen-bond acceptors (Lipinski definition) is 2. The summed E-state index contributed by atoms with van der Waals surface area (Å²) in [6, 6.07) is 8.00. The Hall–Kier alpha value is -1.32. The van der Waals surface area contributed by atoms with Crippen LogP contribution in [0.5, 0.6) is 0 Å². The van der Waals surface area contributed by atoms with Crippen LogP contribution in [0.1, 0.15) is 25.5 Å². The maximum Gasteiger partial charge on any atom is 0.0500 e. The van der Waals surface area contributed by atoms with Gasteiger partial charge in [0.05, 0.1) is 0 Å². The summed E-state index contributed by atoms with van der Waals surface area (Å²) >= 11 is 0. The van der Waals surface area contributed by atoms with E-state index in [1.807, 2.05) is 32.2 Å². The second kappa shape index (κ2) is 3.92. The van der Waals surface area contributed by atoms with Crippen LogP contribution in [0.4, 0.5) is 0 Å². The largest absolute Gasteiger partial charge is 0.396 e. The Balaban J connectivity index is 2.39. The molecule has 3 heteroatoms. The van der Waals surface area contributed by atoms with Crippen molar-refractivity contribution < 1.29 is 5.11 Å². The number of hydrogen-bond donors (Lipinski definition) is 3. The van der Waals surface area contributed by atoms with Gasteiger partial charge >= 0.3 is 0 Å². The monoisotopic (exact) mass is 218 g/mol. The highest BCUT2D eigenvalue weighted by Crippen LogP contribution is 2.31. The molecule has 3 nitrogen and oxygen atoms in total. The van der Waals surface area contributed by atoms with Crippen molar-refractivity contribution in [3.05, 3.63) is 36.0 Å². The molecule has 0 fully saturated rings. The molecule has 0 radical (unpaired) electrons. The van der Waals surface area contributed by atoms with E-state index in [0.717, 1.165) is 11.1 Å². The van der Waals surface area contributed by atoms with Gasteiger partial charge in [-0.2, -0.15) is 0 Å². The zero-order valence-corrected chi connectivity index (χ0v) is 9.70. The first-order valence-electron chi connectivity index (χ1n) is 5.48.